The molecule has 2 amide bonds. The van der Waals surface area contributed by atoms with Crippen molar-refractivity contribution in [3.63, 3.8) is 0 Å². The smallest absolute Gasteiger partial charge is 0.336 e. The normalized spacial score (nSPS) is 9.70. The predicted octanol–water partition coefficient (Wildman–Crippen LogP) is -0.679. The second-order valence-electron chi connectivity index (χ2n) is 3.44. The van der Waals surface area contributed by atoms with Gasteiger partial charge in [-0.2, -0.15) is 0 Å². The number of hydrogen-bond acceptors (Lipinski definition) is 6. The number of carbonyl (C=O) groups excluding carboxylic acids is 2. The molecular weight excluding hydrogens is 276 g/mol. The Morgan fingerprint density at radius 1 is 0.700 bits per heavy atom. The predicted molar refractivity (Wildman–Crippen MR) is 58.9 cm³/mol. The number of carboxylic acids is 2. The monoisotopic (exact) mass is 284 g/mol. The fraction of sp³-hybridized carbons (Fsp3) is 0. The van der Waals surface area contributed by atoms with E-state index in [0.717, 1.165) is 11.0 Å². The van der Waals surface area contributed by atoms with Crippen LogP contribution >= 0.6 is 0 Å². The fourth-order valence-corrected chi connectivity index (χ4v) is 1.45. The number of rotatable bonds is 4. The number of hydrogen-bond donors (Lipinski definition) is 6. The Labute approximate surface area is 110 Å². The second kappa shape index (κ2) is 5.77. The molecule has 1 rings (SSSR count). The van der Waals surface area contributed by atoms with Gasteiger partial charge in [-0.25, -0.2) is 20.5 Å². The van der Waals surface area contributed by atoms with Crippen LogP contribution < -0.4 is 11.0 Å². The molecule has 0 heterocycles. The van der Waals surface area contributed by atoms with Gasteiger partial charge in [0.2, 0.25) is 0 Å². The Morgan fingerprint density at radius 2 is 1.00 bits per heavy atom. The highest BCUT2D eigenvalue weighted by molar-refractivity contribution is 6.11. The molecule has 0 atom stereocenters. The third-order valence-corrected chi connectivity index (χ3v) is 2.31. The maximum Gasteiger partial charge on any atom is 0.336 e. The van der Waals surface area contributed by atoms with Gasteiger partial charge in [0.05, 0.1) is 22.3 Å². The van der Waals surface area contributed by atoms with Gasteiger partial charge in [0.1, 0.15) is 0 Å². The Bertz CT molecular complexity index is 556. The first-order valence-corrected chi connectivity index (χ1v) is 4.87. The summed E-state index contributed by atoms with van der Waals surface area (Å²) in [6.45, 7) is 0. The Kier molecular flexibility index (Phi) is 4.35. The van der Waals surface area contributed by atoms with E-state index in [4.69, 9.17) is 20.6 Å². The van der Waals surface area contributed by atoms with Crippen LogP contribution in [0.2, 0.25) is 0 Å². The third-order valence-electron chi connectivity index (χ3n) is 2.31. The Balaban J connectivity index is 3.68. The molecule has 0 saturated carbocycles. The van der Waals surface area contributed by atoms with Crippen LogP contribution in [-0.2, 0) is 0 Å². The minimum absolute atomic E-state index is 0.599. The largest absolute Gasteiger partial charge is 0.478 e. The van der Waals surface area contributed by atoms with Crippen molar-refractivity contribution in [3.05, 3.63) is 34.4 Å². The number of amides is 2. The fourth-order valence-electron chi connectivity index (χ4n) is 1.45. The topological polar surface area (TPSA) is 173 Å². The molecule has 1 aromatic carbocycles. The minimum atomic E-state index is -1.63. The lowest BCUT2D eigenvalue weighted by Crippen LogP contribution is -2.26. The van der Waals surface area contributed by atoms with Crippen LogP contribution in [0.3, 0.4) is 0 Å². The minimum Gasteiger partial charge on any atom is -0.478 e. The molecule has 0 spiro atoms. The van der Waals surface area contributed by atoms with Gasteiger partial charge in [0.15, 0.2) is 0 Å². The number of hydroxylamine groups is 2. The van der Waals surface area contributed by atoms with Crippen molar-refractivity contribution in [3.8, 4) is 0 Å². The van der Waals surface area contributed by atoms with Crippen LogP contribution in [0.15, 0.2) is 12.1 Å². The molecule has 0 aliphatic rings. The summed E-state index contributed by atoms with van der Waals surface area (Å²) in [4.78, 5) is 44.6. The summed E-state index contributed by atoms with van der Waals surface area (Å²) >= 11 is 0. The van der Waals surface area contributed by atoms with Gasteiger partial charge in [-0.05, 0) is 12.1 Å². The molecule has 0 aromatic heterocycles. The summed E-state index contributed by atoms with van der Waals surface area (Å²) in [7, 11) is 0. The summed E-state index contributed by atoms with van der Waals surface area (Å²) in [6.07, 6.45) is 0. The summed E-state index contributed by atoms with van der Waals surface area (Å²) in [5.41, 5.74) is -0.444. The van der Waals surface area contributed by atoms with E-state index in [2.05, 4.69) is 0 Å². The molecule has 10 heteroatoms. The number of aromatic carboxylic acids is 2. The van der Waals surface area contributed by atoms with Crippen molar-refractivity contribution >= 4 is 23.8 Å². The molecule has 0 saturated heterocycles. The maximum absolute atomic E-state index is 11.3. The van der Waals surface area contributed by atoms with E-state index in [-0.39, 0.29) is 0 Å². The highest BCUT2D eigenvalue weighted by atomic mass is 16.5. The van der Waals surface area contributed by atoms with E-state index in [1.54, 1.807) is 0 Å². The van der Waals surface area contributed by atoms with Crippen LogP contribution in [0.1, 0.15) is 41.4 Å². The Morgan fingerprint density at radius 3 is 1.20 bits per heavy atom. The van der Waals surface area contributed by atoms with Gasteiger partial charge in [-0.15, -0.1) is 0 Å². The van der Waals surface area contributed by atoms with E-state index < -0.39 is 46.0 Å². The summed E-state index contributed by atoms with van der Waals surface area (Å²) in [6, 6.07) is 1.20. The van der Waals surface area contributed by atoms with Gasteiger partial charge < -0.3 is 10.2 Å². The molecular formula is C10H8N2O8. The van der Waals surface area contributed by atoms with Crippen molar-refractivity contribution < 1.29 is 39.8 Å². The van der Waals surface area contributed by atoms with Gasteiger partial charge in [-0.3, -0.25) is 20.0 Å². The number of carboxylic acid groups (broad SMARTS) is 2. The molecule has 0 radical (unpaired) electrons. The van der Waals surface area contributed by atoms with Crippen molar-refractivity contribution in [2.45, 2.75) is 0 Å². The molecule has 20 heavy (non-hydrogen) atoms. The standard InChI is InChI=1S/C10H8N2O8/c13-7(11-19)3-1-5(9(15)16)4(8(14)12-20)2-6(3)10(17)18/h1-2,19-20H,(H,11,13)(H,12,14)(H,15,16)(H,17,18). The average Bonchev–Trinajstić information content (AvgIpc) is 2.43. The van der Waals surface area contributed by atoms with E-state index in [1.807, 2.05) is 0 Å². The Hall–Kier alpha value is -2.98. The molecule has 0 unspecified atom stereocenters. The second-order valence-corrected chi connectivity index (χ2v) is 3.44. The van der Waals surface area contributed by atoms with Crippen LogP contribution in [0, 0.1) is 0 Å². The SMILES string of the molecule is O=C(O)c1cc(C(=O)NO)c(C(=O)O)cc1C(=O)NO. The lowest BCUT2D eigenvalue weighted by molar-refractivity contribution is 0.0647. The molecule has 10 nitrogen and oxygen atoms in total. The van der Waals surface area contributed by atoms with Crippen molar-refractivity contribution in [1.82, 2.24) is 11.0 Å². The van der Waals surface area contributed by atoms with Crippen LogP contribution in [0.4, 0.5) is 0 Å². The molecule has 0 aliphatic carbocycles. The van der Waals surface area contributed by atoms with E-state index in [9.17, 15) is 19.2 Å². The average molecular weight is 284 g/mol. The lowest BCUT2D eigenvalue weighted by Gasteiger charge is -2.10. The molecule has 1 aromatic rings. The van der Waals surface area contributed by atoms with E-state index in [0.29, 0.717) is 12.1 Å². The first-order chi connectivity index (χ1) is 9.33. The molecule has 0 aliphatic heterocycles. The zero-order valence-corrected chi connectivity index (χ0v) is 9.58. The number of nitrogens with one attached hydrogen (secondary N) is 2. The first-order valence-electron chi connectivity index (χ1n) is 4.87. The zero-order valence-electron chi connectivity index (χ0n) is 9.58. The van der Waals surface area contributed by atoms with Gasteiger partial charge >= 0.3 is 11.9 Å². The summed E-state index contributed by atoms with van der Waals surface area (Å²) in [5, 5.41) is 34.8. The molecule has 0 fully saturated rings. The molecule has 6 N–H and O–H groups in total. The van der Waals surface area contributed by atoms with Crippen LogP contribution in [0.25, 0.3) is 0 Å². The lowest BCUT2D eigenvalue weighted by atomic mass is 9.97. The highest BCUT2D eigenvalue weighted by Crippen LogP contribution is 2.18. The van der Waals surface area contributed by atoms with Crippen LogP contribution in [-0.4, -0.2) is 44.4 Å². The van der Waals surface area contributed by atoms with E-state index >= 15 is 0 Å². The maximum atomic E-state index is 11.3. The van der Waals surface area contributed by atoms with Crippen molar-refractivity contribution in [2.24, 2.45) is 0 Å². The van der Waals surface area contributed by atoms with Gasteiger partial charge in [0.25, 0.3) is 11.8 Å². The zero-order chi connectivity index (χ0) is 15.4. The van der Waals surface area contributed by atoms with Gasteiger partial charge in [-0.1, -0.05) is 0 Å². The van der Waals surface area contributed by atoms with Crippen molar-refractivity contribution in [1.29, 1.82) is 0 Å². The van der Waals surface area contributed by atoms with Crippen LogP contribution in [0.5, 0.6) is 0 Å². The third kappa shape index (κ3) is 2.71. The number of benzene rings is 1. The summed E-state index contributed by atoms with van der Waals surface area (Å²) < 4.78 is 0. The van der Waals surface area contributed by atoms with Gasteiger partial charge in [0, 0.05) is 0 Å². The number of carbonyl (C=O) groups is 4. The first kappa shape index (κ1) is 15.1. The quantitative estimate of drug-likeness (QED) is 0.311. The highest BCUT2D eigenvalue weighted by Gasteiger charge is 2.25. The van der Waals surface area contributed by atoms with E-state index in [1.165, 1.54) is 0 Å². The van der Waals surface area contributed by atoms with Crippen molar-refractivity contribution in [2.75, 3.05) is 0 Å². The molecule has 0 bridgehead atoms. The summed E-state index contributed by atoms with van der Waals surface area (Å²) in [5.74, 6) is -5.79. The molecule has 106 valence electrons.